The van der Waals surface area contributed by atoms with Gasteiger partial charge in [-0.15, -0.1) is 0 Å². The van der Waals surface area contributed by atoms with Crippen LogP contribution in [0.4, 0.5) is 0 Å². The number of rotatable bonds is 4. The molecule has 0 radical (unpaired) electrons. The average Bonchev–Trinajstić information content (AvgIpc) is 2.18. The van der Waals surface area contributed by atoms with E-state index in [-0.39, 0.29) is 0 Å². The molecule has 3 N–H and O–H groups in total. The van der Waals surface area contributed by atoms with E-state index >= 15 is 0 Å². The summed E-state index contributed by atoms with van der Waals surface area (Å²) in [6.45, 7) is 8.14. The lowest BCUT2D eigenvalue weighted by molar-refractivity contribution is 1.07. The highest BCUT2D eigenvalue weighted by molar-refractivity contribution is 5.81. The van der Waals surface area contributed by atoms with E-state index in [1.807, 2.05) is 26.0 Å². The lowest BCUT2D eigenvalue weighted by Crippen LogP contribution is -2.02. The normalized spacial score (nSPS) is 15.1. The zero-order valence-electron chi connectivity index (χ0n) is 9.52. The SMILES string of the molecule is C\C=C(C=N)/C(N)=C\C(C)=C(\C)CC. The predicted octanol–water partition coefficient (Wildman–Crippen LogP) is 3.17. The van der Waals surface area contributed by atoms with Gasteiger partial charge in [0, 0.05) is 17.5 Å². The molecule has 0 atom stereocenters. The molecule has 0 amide bonds. The Morgan fingerprint density at radius 2 is 1.93 bits per heavy atom. The summed E-state index contributed by atoms with van der Waals surface area (Å²) in [4.78, 5) is 0. The van der Waals surface area contributed by atoms with Crippen LogP contribution in [0.15, 0.2) is 34.6 Å². The van der Waals surface area contributed by atoms with E-state index < -0.39 is 0 Å². The molecule has 0 fully saturated rings. The van der Waals surface area contributed by atoms with Crippen molar-refractivity contribution >= 4 is 6.21 Å². The zero-order valence-corrected chi connectivity index (χ0v) is 9.52. The summed E-state index contributed by atoms with van der Waals surface area (Å²) in [5.74, 6) is 0. The standard InChI is InChI=1S/C12H20N2/c1-5-9(3)10(4)7-12(14)11(6-2)8-13/h6-8,13H,5,14H2,1-4H3/b10-9-,11-6-,12-7+,13-8?. The summed E-state index contributed by atoms with van der Waals surface area (Å²) < 4.78 is 0. The number of allylic oxidation sites excluding steroid dienone is 5. The maximum absolute atomic E-state index is 7.16. The third-order valence-corrected chi connectivity index (χ3v) is 2.38. The summed E-state index contributed by atoms with van der Waals surface area (Å²) >= 11 is 0. The van der Waals surface area contributed by atoms with Crippen molar-refractivity contribution in [2.24, 2.45) is 5.73 Å². The van der Waals surface area contributed by atoms with Crippen LogP contribution in [0, 0.1) is 5.41 Å². The minimum Gasteiger partial charge on any atom is -0.398 e. The molecule has 0 saturated carbocycles. The van der Waals surface area contributed by atoms with Crippen LogP contribution in [-0.4, -0.2) is 6.21 Å². The van der Waals surface area contributed by atoms with Gasteiger partial charge in [0.05, 0.1) is 0 Å². The van der Waals surface area contributed by atoms with Crippen molar-refractivity contribution in [3.05, 3.63) is 34.6 Å². The molecule has 0 aromatic carbocycles. The summed E-state index contributed by atoms with van der Waals surface area (Å²) in [5.41, 5.74) is 9.78. The first-order chi connectivity index (χ1) is 6.56. The van der Waals surface area contributed by atoms with E-state index in [2.05, 4.69) is 13.8 Å². The molecule has 0 aliphatic rings. The summed E-state index contributed by atoms with van der Waals surface area (Å²) in [5, 5.41) is 7.16. The first-order valence-electron chi connectivity index (χ1n) is 4.87. The number of nitrogens with one attached hydrogen (secondary N) is 1. The third-order valence-electron chi connectivity index (χ3n) is 2.38. The van der Waals surface area contributed by atoms with E-state index in [1.54, 1.807) is 0 Å². The Morgan fingerprint density at radius 3 is 2.29 bits per heavy atom. The molecule has 2 heteroatoms. The molecule has 0 heterocycles. The fraction of sp³-hybridized carbons (Fsp3) is 0.417. The van der Waals surface area contributed by atoms with Gasteiger partial charge in [-0.25, -0.2) is 0 Å². The highest BCUT2D eigenvalue weighted by Gasteiger charge is 1.97. The van der Waals surface area contributed by atoms with E-state index in [9.17, 15) is 0 Å². The Bertz CT molecular complexity index is 293. The van der Waals surface area contributed by atoms with Crippen LogP contribution < -0.4 is 5.73 Å². The molecule has 0 aliphatic heterocycles. The maximum Gasteiger partial charge on any atom is 0.0402 e. The number of hydrogen-bond acceptors (Lipinski definition) is 2. The van der Waals surface area contributed by atoms with Gasteiger partial charge in [-0.1, -0.05) is 24.1 Å². The molecule has 0 aromatic rings. The van der Waals surface area contributed by atoms with Gasteiger partial charge in [-0.2, -0.15) is 0 Å². The zero-order chi connectivity index (χ0) is 11.1. The fourth-order valence-electron chi connectivity index (χ4n) is 1.05. The molecular formula is C12H20N2. The van der Waals surface area contributed by atoms with Crippen molar-refractivity contribution in [3.63, 3.8) is 0 Å². The Kier molecular flexibility index (Phi) is 5.61. The van der Waals surface area contributed by atoms with Crippen molar-refractivity contribution in [1.82, 2.24) is 0 Å². The topological polar surface area (TPSA) is 49.9 Å². The van der Waals surface area contributed by atoms with Crippen LogP contribution in [0.25, 0.3) is 0 Å². The molecule has 2 nitrogen and oxygen atoms in total. The van der Waals surface area contributed by atoms with Crippen molar-refractivity contribution < 1.29 is 0 Å². The van der Waals surface area contributed by atoms with Gasteiger partial charge in [0.2, 0.25) is 0 Å². The molecule has 0 spiro atoms. The van der Waals surface area contributed by atoms with Gasteiger partial charge >= 0.3 is 0 Å². The first-order valence-corrected chi connectivity index (χ1v) is 4.87. The van der Waals surface area contributed by atoms with Crippen LogP contribution in [0.3, 0.4) is 0 Å². The van der Waals surface area contributed by atoms with Crippen LogP contribution in [-0.2, 0) is 0 Å². The number of nitrogens with two attached hydrogens (primary N) is 1. The molecule has 0 bridgehead atoms. The minimum atomic E-state index is 0.660. The van der Waals surface area contributed by atoms with Gasteiger partial charge in [0.1, 0.15) is 0 Å². The molecule has 0 aliphatic carbocycles. The lowest BCUT2D eigenvalue weighted by atomic mass is 10.1. The second kappa shape index (κ2) is 6.19. The lowest BCUT2D eigenvalue weighted by Gasteiger charge is -2.04. The van der Waals surface area contributed by atoms with Gasteiger partial charge in [0.15, 0.2) is 0 Å². The largest absolute Gasteiger partial charge is 0.398 e. The van der Waals surface area contributed by atoms with Gasteiger partial charge < -0.3 is 11.1 Å². The van der Waals surface area contributed by atoms with Crippen molar-refractivity contribution in [3.8, 4) is 0 Å². The van der Waals surface area contributed by atoms with Crippen LogP contribution in [0.1, 0.15) is 34.1 Å². The Balaban J connectivity index is 4.94. The molecular weight excluding hydrogens is 172 g/mol. The van der Waals surface area contributed by atoms with Crippen LogP contribution >= 0.6 is 0 Å². The average molecular weight is 192 g/mol. The van der Waals surface area contributed by atoms with Crippen LogP contribution in [0.2, 0.25) is 0 Å². The van der Waals surface area contributed by atoms with E-state index in [0.717, 1.165) is 12.0 Å². The van der Waals surface area contributed by atoms with Crippen molar-refractivity contribution in [1.29, 1.82) is 5.41 Å². The van der Waals surface area contributed by atoms with Crippen molar-refractivity contribution in [2.75, 3.05) is 0 Å². The Hall–Kier alpha value is -1.31. The summed E-state index contributed by atoms with van der Waals surface area (Å²) in [7, 11) is 0. The monoisotopic (exact) mass is 192 g/mol. The Morgan fingerprint density at radius 1 is 1.36 bits per heavy atom. The molecule has 0 unspecified atom stereocenters. The molecule has 0 rings (SSSR count). The van der Waals surface area contributed by atoms with Gasteiger partial charge in [-0.05, 0) is 33.3 Å². The first kappa shape index (κ1) is 12.7. The quantitative estimate of drug-likeness (QED) is 0.521. The summed E-state index contributed by atoms with van der Waals surface area (Å²) in [6.07, 6.45) is 6.08. The predicted molar refractivity (Wildman–Crippen MR) is 63.5 cm³/mol. The second-order valence-electron chi connectivity index (χ2n) is 3.30. The molecule has 0 saturated heterocycles. The minimum absolute atomic E-state index is 0.660. The van der Waals surface area contributed by atoms with Crippen LogP contribution in [0.5, 0.6) is 0 Å². The second-order valence-corrected chi connectivity index (χ2v) is 3.30. The molecule has 78 valence electrons. The van der Waals surface area contributed by atoms with E-state index in [0.29, 0.717) is 5.70 Å². The van der Waals surface area contributed by atoms with Gasteiger partial charge in [-0.3, -0.25) is 0 Å². The fourth-order valence-corrected chi connectivity index (χ4v) is 1.05. The maximum atomic E-state index is 7.16. The molecule has 0 aromatic heterocycles. The Labute approximate surface area is 86.7 Å². The van der Waals surface area contributed by atoms with Crippen molar-refractivity contribution in [2.45, 2.75) is 34.1 Å². The third kappa shape index (κ3) is 3.60. The summed E-state index contributed by atoms with van der Waals surface area (Å²) in [6, 6.07) is 0. The smallest absolute Gasteiger partial charge is 0.0402 e. The van der Waals surface area contributed by atoms with E-state index in [1.165, 1.54) is 17.4 Å². The number of hydrogen-bond donors (Lipinski definition) is 2. The highest BCUT2D eigenvalue weighted by atomic mass is 14.6. The van der Waals surface area contributed by atoms with Gasteiger partial charge in [0.25, 0.3) is 0 Å². The van der Waals surface area contributed by atoms with E-state index in [4.69, 9.17) is 11.1 Å². The highest BCUT2D eigenvalue weighted by Crippen LogP contribution is 2.11. The molecule has 14 heavy (non-hydrogen) atoms.